The van der Waals surface area contributed by atoms with Crippen LogP contribution in [-0.4, -0.2) is 17.4 Å². The number of carbonyl (C=O) groups is 1. The quantitative estimate of drug-likeness (QED) is 0.742. The van der Waals surface area contributed by atoms with Crippen molar-refractivity contribution in [2.75, 3.05) is 6.61 Å². The van der Waals surface area contributed by atoms with Crippen molar-refractivity contribution in [3.63, 3.8) is 0 Å². The molecule has 0 amide bonds. The van der Waals surface area contributed by atoms with E-state index in [4.69, 9.17) is 4.74 Å². The average molecular weight is 265 g/mol. The van der Waals surface area contributed by atoms with Gasteiger partial charge in [-0.1, -0.05) is 18.2 Å². The number of fused-ring (bicyclic) bond motifs is 1. The maximum Gasteiger partial charge on any atom is 0.196 e. The van der Waals surface area contributed by atoms with Crippen molar-refractivity contribution in [2.45, 2.75) is 13.8 Å². The fraction of sp³-hybridized carbons (Fsp3) is 0.176. The molecule has 3 nitrogen and oxygen atoms in total. The number of carbonyl (C=O) groups excluding carboxylic acids is 1. The molecule has 3 heteroatoms. The largest absolute Gasteiger partial charge is 0.488 e. The topological polar surface area (TPSA) is 39.2 Å². The Kier molecular flexibility index (Phi) is 3.11. The van der Waals surface area contributed by atoms with E-state index in [2.05, 4.69) is 4.98 Å². The van der Waals surface area contributed by atoms with Gasteiger partial charge in [-0.3, -0.25) is 9.78 Å². The number of Topliss-reactive ketones (excluding diaryl/α,β-unsaturated/α-hetero) is 1. The van der Waals surface area contributed by atoms with Crippen molar-refractivity contribution < 1.29 is 9.53 Å². The lowest BCUT2D eigenvalue weighted by Crippen LogP contribution is -2.21. The van der Waals surface area contributed by atoms with Gasteiger partial charge in [-0.2, -0.15) is 0 Å². The zero-order chi connectivity index (χ0) is 14.1. The first-order valence-corrected chi connectivity index (χ1v) is 6.55. The summed E-state index contributed by atoms with van der Waals surface area (Å²) < 4.78 is 5.78. The second-order valence-electron chi connectivity index (χ2n) is 4.98. The highest BCUT2D eigenvalue weighted by molar-refractivity contribution is 6.15. The molecule has 20 heavy (non-hydrogen) atoms. The van der Waals surface area contributed by atoms with Gasteiger partial charge >= 0.3 is 0 Å². The van der Waals surface area contributed by atoms with Gasteiger partial charge in [-0.25, -0.2) is 0 Å². The minimum Gasteiger partial charge on any atom is -0.488 e. The lowest BCUT2D eigenvalue weighted by Gasteiger charge is -2.22. The molecule has 2 heterocycles. The van der Waals surface area contributed by atoms with Crippen molar-refractivity contribution >= 4 is 11.9 Å². The molecule has 0 aliphatic carbocycles. The number of aromatic nitrogens is 1. The lowest BCUT2D eigenvalue weighted by molar-refractivity contribution is 0.0999. The SMILES string of the molecule is Cc1ccc(C)c2c1OC/C(=C\c1cccnc1)C2=O. The minimum absolute atomic E-state index is 0.0521. The molecule has 0 N–H and O–H groups in total. The van der Waals surface area contributed by atoms with Gasteiger partial charge in [0, 0.05) is 18.0 Å². The molecule has 3 rings (SSSR count). The Balaban J connectivity index is 2.06. The first-order chi connectivity index (χ1) is 9.66. The van der Waals surface area contributed by atoms with Crippen LogP contribution in [0.4, 0.5) is 0 Å². The van der Waals surface area contributed by atoms with Gasteiger partial charge in [-0.05, 0) is 42.7 Å². The number of rotatable bonds is 1. The molecule has 0 fully saturated rings. The Morgan fingerprint density at radius 3 is 2.75 bits per heavy atom. The van der Waals surface area contributed by atoms with E-state index in [1.807, 2.05) is 44.2 Å². The van der Waals surface area contributed by atoms with Crippen molar-refractivity contribution in [1.82, 2.24) is 4.98 Å². The van der Waals surface area contributed by atoms with Crippen LogP contribution in [0, 0.1) is 13.8 Å². The van der Waals surface area contributed by atoms with Gasteiger partial charge in [0.2, 0.25) is 0 Å². The fourth-order valence-corrected chi connectivity index (χ4v) is 2.40. The number of pyridine rings is 1. The van der Waals surface area contributed by atoms with Crippen molar-refractivity contribution in [3.05, 3.63) is 64.5 Å². The van der Waals surface area contributed by atoms with Crippen molar-refractivity contribution in [2.24, 2.45) is 0 Å². The fourth-order valence-electron chi connectivity index (χ4n) is 2.40. The van der Waals surface area contributed by atoms with E-state index < -0.39 is 0 Å². The monoisotopic (exact) mass is 265 g/mol. The molecule has 0 unspecified atom stereocenters. The number of nitrogens with zero attached hydrogens (tertiary/aromatic N) is 1. The Morgan fingerprint density at radius 2 is 2.00 bits per heavy atom. The lowest BCUT2D eigenvalue weighted by atomic mass is 9.93. The summed E-state index contributed by atoms with van der Waals surface area (Å²) in [5, 5.41) is 0. The van der Waals surface area contributed by atoms with Crippen molar-refractivity contribution in [1.29, 1.82) is 0 Å². The summed E-state index contributed by atoms with van der Waals surface area (Å²) in [6, 6.07) is 7.72. The van der Waals surface area contributed by atoms with Gasteiger partial charge in [0.15, 0.2) is 5.78 Å². The zero-order valence-corrected chi connectivity index (χ0v) is 11.5. The molecule has 0 radical (unpaired) electrons. The van der Waals surface area contributed by atoms with Crippen LogP contribution in [-0.2, 0) is 0 Å². The second-order valence-corrected chi connectivity index (χ2v) is 4.98. The molecular formula is C17H15NO2. The van der Waals surface area contributed by atoms with E-state index in [0.29, 0.717) is 17.7 Å². The number of ether oxygens (including phenoxy) is 1. The van der Waals surface area contributed by atoms with Crippen LogP contribution in [0.1, 0.15) is 27.0 Å². The summed E-state index contributed by atoms with van der Waals surface area (Å²) in [7, 11) is 0. The molecular weight excluding hydrogens is 250 g/mol. The van der Waals surface area contributed by atoms with Gasteiger partial charge in [-0.15, -0.1) is 0 Å². The van der Waals surface area contributed by atoms with E-state index in [0.717, 1.165) is 22.4 Å². The maximum absolute atomic E-state index is 12.6. The summed E-state index contributed by atoms with van der Waals surface area (Å²) >= 11 is 0. The Labute approximate surface area is 117 Å². The van der Waals surface area contributed by atoms with Crippen LogP contribution in [0.3, 0.4) is 0 Å². The first-order valence-electron chi connectivity index (χ1n) is 6.55. The van der Waals surface area contributed by atoms with Crippen LogP contribution in [0.2, 0.25) is 0 Å². The molecule has 0 spiro atoms. The maximum atomic E-state index is 12.6. The van der Waals surface area contributed by atoms with E-state index in [-0.39, 0.29) is 5.78 Å². The van der Waals surface area contributed by atoms with E-state index in [1.165, 1.54) is 0 Å². The number of hydrogen-bond donors (Lipinski definition) is 0. The second kappa shape index (κ2) is 4.93. The third kappa shape index (κ3) is 2.11. The molecule has 0 bridgehead atoms. The Bertz CT molecular complexity index is 702. The van der Waals surface area contributed by atoms with E-state index in [9.17, 15) is 4.79 Å². The molecule has 0 atom stereocenters. The molecule has 1 aromatic carbocycles. The van der Waals surface area contributed by atoms with Crippen molar-refractivity contribution in [3.8, 4) is 5.75 Å². The van der Waals surface area contributed by atoms with Crippen LogP contribution in [0.5, 0.6) is 5.75 Å². The molecule has 100 valence electrons. The van der Waals surface area contributed by atoms with E-state index >= 15 is 0 Å². The molecule has 2 aromatic rings. The smallest absolute Gasteiger partial charge is 0.196 e. The summed E-state index contributed by atoms with van der Waals surface area (Å²) in [6.07, 6.45) is 5.29. The average Bonchev–Trinajstić information content (AvgIpc) is 2.46. The predicted octanol–water partition coefficient (Wildman–Crippen LogP) is 3.36. The highest BCUT2D eigenvalue weighted by atomic mass is 16.5. The number of hydrogen-bond acceptors (Lipinski definition) is 3. The summed E-state index contributed by atoms with van der Waals surface area (Å²) in [5.41, 5.74) is 4.21. The minimum atomic E-state index is 0.0521. The van der Waals surface area contributed by atoms with Crippen LogP contribution < -0.4 is 4.74 Å². The summed E-state index contributed by atoms with van der Waals surface area (Å²) in [6.45, 7) is 4.21. The summed E-state index contributed by atoms with van der Waals surface area (Å²) in [4.78, 5) is 16.7. The normalized spacial score (nSPS) is 15.9. The van der Waals surface area contributed by atoms with E-state index in [1.54, 1.807) is 12.4 Å². The highest BCUT2D eigenvalue weighted by Gasteiger charge is 2.26. The molecule has 0 saturated carbocycles. The zero-order valence-electron chi connectivity index (χ0n) is 11.5. The standard InChI is InChI=1S/C17H15NO2/c1-11-5-6-12(2)17-15(11)16(19)14(10-20-17)8-13-4-3-7-18-9-13/h3-9H,10H2,1-2H3/b14-8+. The van der Waals surface area contributed by atoms with Gasteiger partial charge in [0.05, 0.1) is 5.56 Å². The van der Waals surface area contributed by atoms with Crippen LogP contribution in [0.15, 0.2) is 42.2 Å². The number of aryl methyl sites for hydroxylation is 2. The number of ketones is 1. The Hall–Kier alpha value is -2.42. The van der Waals surface area contributed by atoms with Gasteiger partial charge < -0.3 is 4.74 Å². The predicted molar refractivity (Wildman–Crippen MR) is 78.0 cm³/mol. The van der Waals surface area contributed by atoms with Gasteiger partial charge in [0.1, 0.15) is 12.4 Å². The van der Waals surface area contributed by atoms with Crippen LogP contribution >= 0.6 is 0 Å². The molecule has 1 aromatic heterocycles. The third-order valence-corrected chi connectivity index (χ3v) is 3.48. The number of benzene rings is 1. The third-order valence-electron chi connectivity index (χ3n) is 3.48. The highest BCUT2D eigenvalue weighted by Crippen LogP contribution is 2.33. The summed E-state index contributed by atoms with van der Waals surface area (Å²) in [5.74, 6) is 0.773. The molecule has 1 aliphatic rings. The molecule has 0 saturated heterocycles. The van der Waals surface area contributed by atoms with Crippen LogP contribution in [0.25, 0.3) is 6.08 Å². The van der Waals surface area contributed by atoms with Gasteiger partial charge in [0.25, 0.3) is 0 Å². The molecule has 1 aliphatic heterocycles. The first kappa shape index (κ1) is 12.6. The Morgan fingerprint density at radius 1 is 1.20 bits per heavy atom.